The molecule has 0 aromatic heterocycles. The summed E-state index contributed by atoms with van der Waals surface area (Å²) in [6, 6.07) is 13.3. The van der Waals surface area contributed by atoms with E-state index in [2.05, 4.69) is 4.72 Å². The van der Waals surface area contributed by atoms with Crippen molar-refractivity contribution in [3.8, 4) is 0 Å². The molecule has 2 aromatic carbocycles. The van der Waals surface area contributed by atoms with Gasteiger partial charge in [-0.2, -0.15) is 0 Å². The molecule has 0 aliphatic rings. The first-order valence-electron chi connectivity index (χ1n) is 6.42. The van der Waals surface area contributed by atoms with E-state index in [1.54, 1.807) is 30.3 Å². The van der Waals surface area contributed by atoms with Crippen LogP contribution in [0.15, 0.2) is 53.4 Å². The number of benzene rings is 2. The fourth-order valence-corrected chi connectivity index (χ4v) is 2.89. The van der Waals surface area contributed by atoms with Crippen molar-refractivity contribution < 1.29 is 13.5 Å². The molecule has 0 atom stereocenters. The molecule has 0 radical (unpaired) electrons. The van der Waals surface area contributed by atoms with Gasteiger partial charge in [-0.1, -0.05) is 18.2 Å². The van der Waals surface area contributed by atoms with Crippen molar-refractivity contribution >= 4 is 21.4 Å². The zero-order valence-electron chi connectivity index (χ0n) is 11.9. The summed E-state index contributed by atoms with van der Waals surface area (Å²) in [5.41, 5.74) is 2.09. The third kappa shape index (κ3) is 3.74. The minimum atomic E-state index is -3.63. The van der Waals surface area contributed by atoms with Crippen LogP contribution >= 0.6 is 0 Å². The van der Waals surface area contributed by atoms with Crippen LogP contribution in [0.1, 0.15) is 5.56 Å². The Morgan fingerprint density at radius 2 is 1.76 bits per heavy atom. The molecule has 0 spiro atoms. The monoisotopic (exact) mass is 306 g/mol. The molecule has 21 heavy (non-hydrogen) atoms. The smallest absolute Gasteiger partial charge is 0.261 e. The van der Waals surface area contributed by atoms with Gasteiger partial charge in [0.25, 0.3) is 10.0 Å². The number of nitrogens with zero attached hydrogens (tertiary/aromatic N) is 1. The van der Waals surface area contributed by atoms with Crippen LogP contribution in [0.3, 0.4) is 0 Å². The first-order valence-corrected chi connectivity index (χ1v) is 7.91. The molecule has 6 heteroatoms. The summed E-state index contributed by atoms with van der Waals surface area (Å²) in [6.45, 7) is -0.112. The number of sulfonamides is 1. The maximum atomic E-state index is 12.3. The van der Waals surface area contributed by atoms with Gasteiger partial charge in [0.2, 0.25) is 0 Å². The normalized spacial score (nSPS) is 11.2. The van der Waals surface area contributed by atoms with Gasteiger partial charge in [-0.05, 0) is 35.9 Å². The van der Waals surface area contributed by atoms with Crippen LogP contribution in [0.2, 0.25) is 0 Å². The quantitative estimate of drug-likeness (QED) is 0.887. The highest BCUT2D eigenvalue weighted by molar-refractivity contribution is 7.92. The van der Waals surface area contributed by atoms with Gasteiger partial charge >= 0.3 is 0 Å². The maximum Gasteiger partial charge on any atom is 0.261 e. The second-order valence-electron chi connectivity index (χ2n) is 4.85. The molecule has 0 aliphatic carbocycles. The molecule has 2 rings (SSSR count). The average molecular weight is 306 g/mol. The van der Waals surface area contributed by atoms with Gasteiger partial charge in [-0.25, -0.2) is 8.42 Å². The SMILES string of the molecule is CN(C)c1cccc(NS(=O)(=O)c2ccc(CO)cc2)c1. The molecular weight excluding hydrogens is 288 g/mol. The summed E-state index contributed by atoms with van der Waals surface area (Å²) in [5.74, 6) is 0. The molecular formula is C15H18N2O3S. The molecule has 0 heterocycles. The summed E-state index contributed by atoms with van der Waals surface area (Å²) in [4.78, 5) is 2.06. The minimum absolute atomic E-state index is 0.112. The number of aliphatic hydroxyl groups is 1. The molecule has 5 nitrogen and oxygen atoms in total. The number of hydrogen-bond donors (Lipinski definition) is 2. The lowest BCUT2D eigenvalue weighted by Gasteiger charge is -2.14. The third-order valence-electron chi connectivity index (χ3n) is 3.03. The van der Waals surface area contributed by atoms with Crippen LogP contribution in [0.25, 0.3) is 0 Å². The zero-order valence-corrected chi connectivity index (χ0v) is 12.8. The lowest BCUT2D eigenvalue weighted by atomic mass is 10.2. The first-order chi connectivity index (χ1) is 9.92. The first kappa shape index (κ1) is 15.3. The van der Waals surface area contributed by atoms with Gasteiger partial charge in [0.1, 0.15) is 0 Å². The van der Waals surface area contributed by atoms with E-state index >= 15 is 0 Å². The second-order valence-corrected chi connectivity index (χ2v) is 6.53. The molecule has 112 valence electrons. The molecule has 0 saturated heterocycles. The summed E-state index contributed by atoms with van der Waals surface area (Å²) in [5, 5.41) is 8.98. The van der Waals surface area contributed by atoms with Crippen molar-refractivity contribution in [2.75, 3.05) is 23.7 Å². The van der Waals surface area contributed by atoms with Crippen molar-refractivity contribution in [3.63, 3.8) is 0 Å². The van der Waals surface area contributed by atoms with E-state index in [9.17, 15) is 8.42 Å². The number of anilines is 2. The Kier molecular flexibility index (Phi) is 4.50. The highest BCUT2D eigenvalue weighted by atomic mass is 32.2. The molecule has 0 fully saturated rings. The lowest BCUT2D eigenvalue weighted by Crippen LogP contribution is -2.14. The van der Waals surface area contributed by atoms with E-state index < -0.39 is 10.0 Å². The van der Waals surface area contributed by atoms with Gasteiger partial charge < -0.3 is 10.0 Å². The molecule has 2 aromatic rings. The van der Waals surface area contributed by atoms with Crippen molar-refractivity contribution in [2.45, 2.75) is 11.5 Å². The Bertz CT molecular complexity index is 710. The Morgan fingerprint density at radius 3 is 2.33 bits per heavy atom. The second kappa shape index (κ2) is 6.15. The summed E-state index contributed by atoms with van der Waals surface area (Å²) in [6.07, 6.45) is 0. The van der Waals surface area contributed by atoms with Crippen LogP contribution in [0.5, 0.6) is 0 Å². The Balaban J connectivity index is 2.26. The van der Waals surface area contributed by atoms with Crippen LogP contribution in [-0.4, -0.2) is 27.6 Å². The lowest BCUT2D eigenvalue weighted by molar-refractivity contribution is 0.282. The van der Waals surface area contributed by atoms with Crippen molar-refractivity contribution in [3.05, 3.63) is 54.1 Å². The van der Waals surface area contributed by atoms with E-state index in [1.807, 2.05) is 25.1 Å². The number of nitrogens with one attached hydrogen (secondary N) is 1. The fourth-order valence-electron chi connectivity index (χ4n) is 1.84. The Labute approximate surface area is 124 Å². The van der Waals surface area contributed by atoms with E-state index in [4.69, 9.17) is 5.11 Å². The topological polar surface area (TPSA) is 69.6 Å². The third-order valence-corrected chi connectivity index (χ3v) is 4.43. The van der Waals surface area contributed by atoms with Gasteiger partial charge in [0.05, 0.1) is 17.2 Å². The molecule has 2 N–H and O–H groups in total. The standard InChI is InChI=1S/C15H18N2O3S/c1-17(2)14-5-3-4-13(10-14)16-21(19,20)15-8-6-12(11-18)7-9-15/h3-10,16,18H,11H2,1-2H3. The van der Waals surface area contributed by atoms with Crippen LogP contribution in [0, 0.1) is 0 Å². The summed E-state index contributed by atoms with van der Waals surface area (Å²) in [7, 11) is 0.149. The minimum Gasteiger partial charge on any atom is -0.392 e. The highest BCUT2D eigenvalue weighted by Gasteiger charge is 2.14. The van der Waals surface area contributed by atoms with Crippen LogP contribution < -0.4 is 9.62 Å². The van der Waals surface area contributed by atoms with Crippen LogP contribution in [-0.2, 0) is 16.6 Å². The molecule has 0 aliphatic heterocycles. The van der Waals surface area contributed by atoms with Gasteiger partial charge in [0.15, 0.2) is 0 Å². The van der Waals surface area contributed by atoms with E-state index in [0.29, 0.717) is 11.3 Å². The van der Waals surface area contributed by atoms with E-state index in [0.717, 1.165) is 5.69 Å². The van der Waals surface area contributed by atoms with Gasteiger partial charge in [-0.15, -0.1) is 0 Å². The predicted octanol–water partition coefficient (Wildman–Crippen LogP) is 2.05. The van der Waals surface area contributed by atoms with Crippen LogP contribution in [0.4, 0.5) is 11.4 Å². The Hall–Kier alpha value is -2.05. The summed E-state index contributed by atoms with van der Waals surface area (Å²) >= 11 is 0. The predicted molar refractivity (Wildman–Crippen MR) is 83.9 cm³/mol. The zero-order chi connectivity index (χ0) is 15.5. The van der Waals surface area contributed by atoms with Crippen molar-refractivity contribution in [2.24, 2.45) is 0 Å². The van der Waals surface area contributed by atoms with E-state index in [1.165, 1.54) is 12.1 Å². The van der Waals surface area contributed by atoms with Gasteiger partial charge in [0, 0.05) is 19.8 Å². The number of aliphatic hydroxyl groups excluding tert-OH is 1. The molecule has 0 amide bonds. The van der Waals surface area contributed by atoms with Crippen molar-refractivity contribution in [1.82, 2.24) is 0 Å². The molecule has 0 saturated carbocycles. The average Bonchev–Trinajstić information content (AvgIpc) is 2.47. The highest BCUT2D eigenvalue weighted by Crippen LogP contribution is 2.21. The van der Waals surface area contributed by atoms with Gasteiger partial charge in [-0.3, -0.25) is 4.72 Å². The molecule has 0 unspecified atom stereocenters. The number of hydrogen-bond acceptors (Lipinski definition) is 4. The molecule has 0 bridgehead atoms. The van der Waals surface area contributed by atoms with E-state index in [-0.39, 0.29) is 11.5 Å². The number of rotatable bonds is 5. The maximum absolute atomic E-state index is 12.3. The fraction of sp³-hybridized carbons (Fsp3) is 0.200. The summed E-state index contributed by atoms with van der Waals surface area (Å²) < 4.78 is 27.1. The Morgan fingerprint density at radius 1 is 1.10 bits per heavy atom. The van der Waals surface area contributed by atoms with Crippen molar-refractivity contribution in [1.29, 1.82) is 0 Å². The largest absolute Gasteiger partial charge is 0.392 e.